The Hall–Kier alpha value is -1.55. The summed E-state index contributed by atoms with van der Waals surface area (Å²) in [6.07, 6.45) is 3.41. The van der Waals surface area contributed by atoms with Crippen LogP contribution in [0.25, 0.3) is 0 Å². The number of hydrogen-bond acceptors (Lipinski definition) is 3. The van der Waals surface area contributed by atoms with Crippen LogP contribution in [-0.2, 0) is 16.0 Å². The third-order valence-corrected chi connectivity index (χ3v) is 3.94. The minimum atomic E-state index is 0.0795. The molecule has 0 saturated carbocycles. The first-order valence-corrected chi connectivity index (χ1v) is 8.25. The fourth-order valence-corrected chi connectivity index (χ4v) is 2.54. The van der Waals surface area contributed by atoms with E-state index in [4.69, 9.17) is 9.47 Å². The molecule has 0 radical (unpaired) electrons. The van der Waals surface area contributed by atoms with Gasteiger partial charge in [-0.25, -0.2) is 0 Å². The summed E-state index contributed by atoms with van der Waals surface area (Å²) in [6.45, 7) is 6.25. The molecule has 3 rings (SSSR count). The van der Waals surface area contributed by atoms with E-state index in [2.05, 4.69) is 31.3 Å². The highest BCUT2D eigenvalue weighted by atomic mass is 16.5. The van der Waals surface area contributed by atoms with Crippen LogP contribution in [0.2, 0.25) is 0 Å². The number of rotatable bonds is 1. The van der Waals surface area contributed by atoms with Crippen molar-refractivity contribution in [3.63, 3.8) is 0 Å². The topological polar surface area (TPSA) is 47.6 Å². The lowest BCUT2D eigenvalue weighted by molar-refractivity contribution is -0.121. The minimum Gasteiger partial charge on any atom is -0.490 e. The van der Waals surface area contributed by atoms with E-state index < -0.39 is 0 Å². The van der Waals surface area contributed by atoms with E-state index >= 15 is 0 Å². The Morgan fingerprint density at radius 2 is 1.91 bits per heavy atom. The number of ether oxygens (including phenoxy) is 2. The number of carbonyl (C=O) groups excluding carboxylic acids is 1. The van der Waals surface area contributed by atoms with E-state index in [9.17, 15) is 4.79 Å². The minimum absolute atomic E-state index is 0.0795. The lowest BCUT2D eigenvalue weighted by Crippen LogP contribution is -2.28. The second-order valence-electron chi connectivity index (χ2n) is 6.15. The zero-order valence-corrected chi connectivity index (χ0v) is 13.6. The molecule has 1 N–H and O–H groups in total. The Kier molecular flexibility index (Phi) is 6.72. The van der Waals surface area contributed by atoms with Crippen LogP contribution in [0, 0.1) is 5.92 Å². The van der Waals surface area contributed by atoms with E-state index in [1.165, 1.54) is 0 Å². The quantitative estimate of drug-likeness (QED) is 0.868. The molecule has 22 heavy (non-hydrogen) atoms. The molecule has 2 aliphatic heterocycles. The van der Waals surface area contributed by atoms with Crippen molar-refractivity contribution < 1.29 is 14.3 Å². The fourth-order valence-electron chi connectivity index (χ4n) is 2.54. The number of fused-ring (bicyclic) bond motifs is 13. The zero-order chi connectivity index (χ0) is 15.8. The first-order chi connectivity index (χ1) is 10.6. The van der Waals surface area contributed by atoms with Crippen molar-refractivity contribution in [2.24, 2.45) is 5.92 Å². The summed E-state index contributed by atoms with van der Waals surface area (Å²) in [7, 11) is 0. The number of benzene rings is 1. The summed E-state index contributed by atoms with van der Waals surface area (Å²) in [5.41, 5.74) is 1.16. The lowest BCUT2D eigenvalue weighted by atomic mass is 10.0. The van der Waals surface area contributed by atoms with Crippen LogP contribution in [0.3, 0.4) is 0 Å². The summed E-state index contributed by atoms with van der Waals surface area (Å²) >= 11 is 0. The summed E-state index contributed by atoms with van der Waals surface area (Å²) in [6, 6.07) is 8.11. The highest BCUT2D eigenvalue weighted by Crippen LogP contribution is 2.20. The molecule has 2 heterocycles. The SMILES string of the molecule is CC(C)C1CCCOCCNC(=O)CCc2ccc(cc2)O1. The molecule has 122 valence electrons. The summed E-state index contributed by atoms with van der Waals surface area (Å²) < 4.78 is 11.7. The lowest BCUT2D eigenvalue weighted by Gasteiger charge is -2.23. The van der Waals surface area contributed by atoms with Crippen molar-refractivity contribution in [1.29, 1.82) is 0 Å². The van der Waals surface area contributed by atoms with Gasteiger partial charge in [0.05, 0.1) is 6.61 Å². The highest BCUT2D eigenvalue weighted by Gasteiger charge is 2.15. The molecule has 0 aromatic heterocycles. The van der Waals surface area contributed by atoms with Gasteiger partial charge in [0.25, 0.3) is 0 Å². The van der Waals surface area contributed by atoms with E-state index in [0.29, 0.717) is 32.1 Å². The highest BCUT2D eigenvalue weighted by molar-refractivity contribution is 5.76. The average molecular weight is 305 g/mol. The van der Waals surface area contributed by atoms with Gasteiger partial charge in [-0.15, -0.1) is 0 Å². The van der Waals surface area contributed by atoms with Gasteiger partial charge >= 0.3 is 0 Å². The predicted molar refractivity (Wildman–Crippen MR) is 87.1 cm³/mol. The average Bonchev–Trinajstić information content (AvgIpc) is 2.50. The molecule has 1 unspecified atom stereocenters. The van der Waals surface area contributed by atoms with E-state index in [0.717, 1.165) is 30.6 Å². The van der Waals surface area contributed by atoms with E-state index in [-0.39, 0.29) is 12.0 Å². The van der Waals surface area contributed by atoms with Crippen molar-refractivity contribution in [3.05, 3.63) is 29.8 Å². The molecule has 0 aliphatic carbocycles. The molecule has 1 amide bonds. The summed E-state index contributed by atoms with van der Waals surface area (Å²) in [5.74, 6) is 1.45. The molecule has 0 fully saturated rings. The molecule has 0 saturated heterocycles. The zero-order valence-electron chi connectivity index (χ0n) is 13.6. The van der Waals surface area contributed by atoms with Gasteiger partial charge in [0.2, 0.25) is 5.91 Å². The van der Waals surface area contributed by atoms with Crippen LogP contribution >= 0.6 is 0 Å². The normalized spacial score (nSPS) is 21.4. The van der Waals surface area contributed by atoms with Gasteiger partial charge < -0.3 is 14.8 Å². The van der Waals surface area contributed by atoms with Crippen molar-refractivity contribution in [3.8, 4) is 5.75 Å². The molecule has 0 spiro atoms. The molecular formula is C18H27NO3. The Labute approximate surface area is 133 Å². The van der Waals surface area contributed by atoms with Crippen LogP contribution in [-0.4, -0.2) is 31.8 Å². The number of carbonyl (C=O) groups is 1. The maximum Gasteiger partial charge on any atom is 0.220 e. The molecule has 1 atom stereocenters. The maximum absolute atomic E-state index is 11.7. The van der Waals surface area contributed by atoms with Crippen molar-refractivity contribution in [1.82, 2.24) is 5.32 Å². The van der Waals surface area contributed by atoms with Gasteiger partial charge in [-0.2, -0.15) is 0 Å². The fraction of sp³-hybridized carbons (Fsp3) is 0.611. The molecular weight excluding hydrogens is 278 g/mol. The van der Waals surface area contributed by atoms with Crippen molar-refractivity contribution in [2.75, 3.05) is 19.8 Å². The van der Waals surface area contributed by atoms with Crippen LogP contribution in [0.1, 0.15) is 38.7 Å². The molecule has 1 aromatic rings. The second-order valence-corrected chi connectivity index (χ2v) is 6.15. The third-order valence-electron chi connectivity index (χ3n) is 3.94. The predicted octanol–water partition coefficient (Wildman–Crippen LogP) is 2.95. The van der Waals surface area contributed by atoms with E-state index in [1.54, 1.807) is 0 Å². The third kappa shape index (κ3) is 5.68. The van der Waals surface area contributed by atoms with Crippen LogP contribution < -0.4 is 10.1 Å². The van der Waals surface area contributed by atoms with Crippen LogP contribution in [0.5, 0.6) is 5.75 Å². The Morgan fingerprint density at radius 1 is 1.14 bits per heavy atom. The summed E-state index contributed by atoms with van der Waals surface area (Å²) in [5, 5.41) is 2.89. The standard InChI is InChI=1S/C18H27NO3/c1-14(2)17-4-3-12-21-13-11-19-18(20)10-7-15-5-8-16(22-17)9-6-15/h5-6,8-9,14,17H,3-4,7,10-13H2,1-2H3,(H,19,20). The maximum atomic E-state index is 11.7. The Bertz CT molecular complexity index is 456. The monoisotopic (exact) mass is 305 g/mol. The Morgan fingerprint density at radius 3 is 2.64 bits per heavy atom. The van der Waals surface area contributed by atoms with E-state index in [1.807, 2.05) is 12.1 Å². The van der Waals surface area contributed by atoms with Gasteiger partial charge in [0.15, 0.2) is 0 Å². The van der Waals surface area contributed by atoms with Gasteiger partial charge in [-0.3, -0.25) is 4.79 Å². The molecule has 2 aliphatic rings. The van der Waals surface area contributed by atoms with Crippen molar-refractivity contribution >= 4 is 5.91 Å². The second kappa shape index (κ2) is 8.79. The van der Waals surface area contributed by atoms with Gasteiger partial charge in [-0.05, 0) is 42.9 Å². The largest absolute Gasteiger partial charge is 0.490 e. The van der Waals surface area contributed by atoms with Gasteiger partial charge in [0.1, 0.15) is 11.9 Å². The number of nitrogens with one attached hydrogen (secondary N) is 1. The van der Waals surface area contributed by atoms with Gasteiger partial charge in [0, 0.05) is 19.6 Å². The van der Waals surface area contributed by atoms with Gasteiger partial charge in [-0.1, -0.05) is 26.0 Å². The number of amides is 1. The Balaban J connectivity index is 2.03. The smallest absolute Gasteiger partial charge is 0.220 e. The first-order valence-electron chi connectivity index (χ1n) is 8.25. The number of aryl methyl sites for hydroxylation is 1. The molecule has 4 heteroatoms. The number of hydrogen-bond donors (Lipinski definition) is 1. The van der Waals surface area contributed by atoms with Crippen LogP contribution in [0.15, 0.2) is 24.3 Å². The molecule has 4 nitrogen and oxygen atoms in total. The summed E-state index contributed by atoms with van der Waals surface area (Å²) in [4.78, 5) is 11.7. The molecule has 1 aromatic carbocycles. The van der Waals surface area contributed by atoms with Crippen molar-refractivity contribution in [2.45, 2.75) is 45.6 Å². The molecule has 2 bridgehead atoms. The van der Waals surface area contributed by atoms with Crippen LogP contribution in [0.4, 0.5) is 0 Å². The first kappa shape index (κ1) is 16.8.